The second-order valence-electron chi connectivity index (χ2n) is 7.10. The molecule has 5 aromatic rings. The van der Waals surface area contributed by atoms with Gasteiger partial charge in [-0.05, 0) is 32.0 Å². The molecule has 0 bridgehead atoms. The highest BCUT2D eigenvalue weighted by Crippen LogP contribution is 2.42. The van der Waals surface area contributed by atoms with E-state index in [0.717, 1.165) is 38.8 Å². The Morgan fingerprint density at radius 1 is 1.14 bits per heavy atom. The second-order valence-corrected chi connectivity index (χ2v) is 7.10. The predicted molar refractivity (Wildman–Crippen MR) is 110 cm³/mol. The molecule has 28 heavy (non-hydrogen) atoms. The minimum absolute atomic E-state index is 0.0880. The molecule has 6 nitrogen and oxygen atoms in total. The molecule has 140 valence electrons. The van der Waals surface area contributed by atoms with E-state index in [0.29, 0.717) is 11.2 Å². The predicted octanol–water partition coefficient (Wildman–Crippen LogP) is 4.88. The van der Waals surface area contributed by atoms with Gasteiger partial charge in [0.2, 0.25) is 0 Å². The lowest BCUT2D eigenvalue weighted by Gasteiger charge is -2.11. The van der Waals surface area contributed by atoms with E-state index in [1.807, 2.05) is 35.1 Å². The van der Waals surface area contributed by atoms with Gasteiger partial charge in [0.25, 0.3) is 0 Å². The number of aromatic nitrogens is 3. The van der Waals surface area contributed by atoms with Gasteiger partial charge >= 0.3 is 0 Å². The van der Waals surface area contributed by atoms with Crippen LogP contribution in [0.2, 0.25) is 0 Å². The maximum absolute atomic E-state index is 11.8. The first-order valence-electron chi connectivity index (χ1n) is 9.17. The number of fused-ring (bicyclic) bond motifs is 4. The molecular formula is C22H19N3O3. The number of pyridine rings is 1. The number of benzene rings is 2. The topological polar surface area (TPSA) is 73.1 Å². The van der Waals surface area contributed by atoms with Crippen LogP contribution in [0.5, 0.6) is 5.75 Å². The van der Waals surface area contributed by atoms with Crippen molar-refractivity contribution in [3.63, 3.8) is 0 Å². The average molecular weight is 373 g/mol. The first-order valence-corrected chi connectivity index (χ1v) is 9.17. The minimum Gasteiger partial charge on any atom is -0.496 e. The first kappa shape index (κ1) is 16.6. The molecule has 6 heteroatoms. The van der Waals surface area contributed by atoms with Crippen LogP contribution < -0.4 is 10.2 Å². The average Bonchev–Trinajstić information content (AvgIpc) is 3.26. The molecule has 0 atom stereocenters. The van der Waals surface area contributed by atoms with Gasteiger partial charge in [-0.2, -0.15) is 0 Å². The van der Waals surface area contributed by atoms with Crippen molar-refractivity contribution in [2.24, 2.45) is 0 Å². The molecule has 0 aliphatic heterocycles. The number of nitrogens with one attached hydrogen (secondary N) is 1. The van der Waals surface area contributed by atoms with E-state index in [1.54, 1.807) is 19.2 Å². The molecule has 3 heterocycles. The molecular weight excluding hydrogens is 354 g/mol. The third kappa shape index (κ3) is 2.27. The van der Waals surface area contributed by atoms with Crippen LogP contribution in [0.25, 0.3) is 44.2 Å². The van der Waals surface area contributed by atoms with Gasteiger partial charge in [-0.15, -0.1) is 0 Å². The summed E-state index contributed by atoms with van der Waals surface area (Å²) in [6.45, 7) is 4.20. The van der Waals surface area contributed by atoms with Crippen LogP contribution in [0.15, 0.2) is 57.9 Å². The molecule has 2 aromatic carbocycles. The maximum atomic E-state index is 11.8. The zero-order chi connectivity index (χ0) is 19.4. The van der Waals surface area contributed by atoms with Gasteiger partial charge in [0.1, 0.15) is 16.8 Å². The van der Waals surface area contributed by atoms with Crippen molar-refractivity contribution in [2.45, 2.75) is 19.9 Å². The van der Waals surface area contributed by atoms with Crippen LogP contribution in [0, 0.1) is 0 Å². The first-order chi connectivity index (χ1) is 13.6. The van der Waals surface area contributed by atoms with Gasteiger partial charge in [-0.1, -0.05) is 18.2 Å². The van der Waals surface area contributed by atoms with Crippen LogP contribution in [0.4, 0.5) is 0 Å². The SMILES string of the molecule is COc1ccccc1-c1c2c[nH]n(C(C)C)c2nc2c1oc1cc(=O)ccc12. The Morgan fingerprint density at radius 3 is 2.75 bits per heavy atom. The van der Waals surface area contributed by atoms with Gasteiger partial charge in [-0.25, -0.2) is 4.98 Å². The fourth-order valence-corrected chi connectivity index (χ4v) is 3.77. The Labute approximate surface area is 160 Å². The second kappa shape index (κ2) is 5.99. The van der Waals surface area contributed by atoms with E-state index in [1.165, 1.54) is 6.07 Å². The van der Waals surface area contributed by atoms with E-state index in [2.05, 4.69) is 18.9 Å². The summed E-state index contributed by atoms with van der Waals surface area (Å²) in [6.07, 6.45) is 1.94. The Balaban J connectivity index is 2.03. The molecule has 0 fully saturated rings. The molecule has 0 saturated carbocycles. The fourth-order valence-electron chi connectivity index (χ4n) is 3.77. The van der Waals surface area contributed by atoms with Crippen LogP contribution in [0.3, 0.4) is 0 Å². The van der Waals surface area contributed by atoms with E-state index < -0.39 is 0 Å². The summed E-state index contributed by atoms with van der Waals surface area (Å²) in [5.74, 6) is 0.749. The zero-order valence-electron chi connectivity index (χ0n) is 15.8. The molecule has 0 aliphatic rings. The zero-order valence-corrected chi connectivity index (χ0v) is 15.8. The number of ether oxygens (including phenoxy) is 1. The fraction of sp³-hybridized carbons (Fsp3) is 0.182. The van der Waals surface area contributed by atoms with E-state index in [4.69, 9.17) is 14.1 Å². The Kier molecular flexibility index (Phi) is 3.55. The van der Waals surface area contributed by atoms with Crippen LogP contribution in [-0.2, 0) is 0 Å². The monoisotopic (exact) mass is 373 g/mol. The number of H-pyrrole nitrogens is 1. The van der Waals surface area contributed by atoms with Crippen molar-refractivity contribution in [1.82, 2.24) is 14.8 Å². The van der Waals surface area contributed by atoms with E-state index in [9.17, 15) is 4.79 Å². The lowest BCUT2D eigenvalue weighted by Crippen LogP contribution is -2.03. The van der Waals surface area contributed by atoms with Gasteiger partial charge in [0, 0.05) is 40.2 Å². The third-order valence-corrected chi connectivity index (χ3v) is 5.06. The van der Waals surface area contributed by atoms with Gasteiger partial charge in [0.15, 0.2) is 16.7 Å². The summed E-state index contributed by atoms with van der Waals surface area (Å²) in [5.41, 5.74) is 4.48. The number of hydrogen-bond donors (Lipinski definition) is 1. The molecule has 0 radical (unpaired) electrons. The number of para-hydroxylation sites is 1. The van der Waals surface area contributed by atoms with Crippen LogP contribution in [0.1, 0.15) is 19.9 Å². The Morgan fingerprint density at radius 2 is 1.96 bits per heavy atom. The summed E-state index contributed by atoms with van der Waals surface area (Å²) in [7, 11) is 1.65. The normalized spacial score (nSPS) is 11.9. The molecule has 0 unspecified atom stereocenters. The lowest BCUT2D eigenvalue weighted by atomic mass is 10.0. The van der Waals surface area contributed by atoms with Gasteiger partial charge < -0.3 is 14.3 Å². The van der Waals surface area contributed by atoms with Gasteiger partial charge in [-0.3, -0.25) is 9.48 Å². The van der Waals surface area contributed by atoms with E-state index >= 15 is 0 Å². The van der Waals surface area contributed by atoms with Gasteiger partial charge in [0.05, 0.1) is 7.11 Å². The number of rotatable bonds is 3. The number of methoxy groups -OCH3 is 1. The summed E-state index contributed by atoms with van der Waals surface area (Å²) < 4.78 is 13.8. The molecule has 0 spiro atoms. The molecule has 0 amide bonds. The summed E-state index contributed by atoms with van der Waals surface area (Å²) in [5, 5.41) is 5.06. The molecule has 5 rings (SSSR count). The van der Waals surface area contributed by atoms with Crippen molar-refractivity contribution in [3.05, 3.63) is 58.9 Å². The van der Waals surface area contributed by atoms with Crippen molar-refractivity contribution in [3.8, 4) is 16.9 Å². The van der Waals surface area contributed by atoms with Crippen molar-refractivity contribution < 1.29 is 9.15 Å². The quantitative estimate of drug-likeness (QED) is 0.489. The molecule has 0 aliphatic carbocycles. The largest absolute Gasteiger partial charge is 0.496 e. The maximum Gasteiger partial charge on any atom is 0.182 e. The minimum atomic E-state index is -0.0880. The molecule has 0 saturated heterocycles. The third-order valence-electron chi connectivity index (χ3n) is 5.06. The Hall–Kier alpha value is -3.54. The number of furan rings is 1. The Bertz CT molecular complexity index is 1410. The standard InChI is InChI=1S/C22H19N3O3/c1-12(2)25-22-16(11-23-25)19(14-6-4-5-7-17(14)27-3)21-20(24-22)15-9-8-13(26)10-18(15)28-21/h4-12,23H,1-3H3. The molecule has 3 aromatic heterocycles. The van der Waals surface area contributed by atoms with Crippen LogP contribution >= 0.6 is 0 Å². The number of nitrogens with zero attached hydrogens (tertiary/aromatic N) is 2. The van der Waals surface area contributed by atoms with Crippen molar-refractivity contribution >= 4 is 33.1 Å². The van der Waals surface area contributed by atoms with Crippen molar-refractivity contribution in [1.29, 1.82) is 0 Å². The summed E-state index contributed by atoms with van der Waals surface area (Å²) in [6, 6.07) is 12.9. The van der Waals surface area contributed by atoms with Crippen molar-refractivity contribution in [2.75, 3.05) is 7.11 Å². The highest BCUT2D eigenvalue weighted by atomic mass is 16.5. The molecule has 1 N–H and O–H groups in total. The number of aromatic amines is 1. The summed E-state index contributed by atoms with van der Waals surface area (Å²) >= 11 is 0. The smallest absolute Gasteiger partial charge is 0.182 e. The highest BCUT2D eigenvalue weighted by Gasteiger charge is 2.22. The lowest BCUT2D eigenvalue weighted by molar-refractivity contribution is 0.416. The summed E-state index contributed by atoms with van der Waals surface area (Å²) in [4.78, 5) is 16.7. The number of hydrogen-bond acceptors (Lipinski definition) is 4. The van der Waals surface area contributed by atoms with E-state index in [-0.39, 0.29) is 11.5 Å². The highest BCUT2D eigenvalue weighted by molar-refractivity contribution is 6.14. The van der Waals surface area contributed by atoms with Crippen LogP contribution in [-0.4, -0.2) is 21.9 Å².